The van der Waals surface area contributed by atoms with Crippen LogP contribution < -0.4 is 14.9 Å². The third kappa shape index (κ3) is 5.27. The van der Waals surface area contributed by atoms with E-state index in [0.29, 0.717) is 17.1 Å². The van der Waals surface area contributed by atoms with Crippen molar-refractivity contribution in [2.45, 2.75) is 18.7 Å². The van der Waals surface area contributed by atoms with Gasteiger partial charge in [-0.15, -0.1) is 0 Å². The lowest BCUT2D eigenvalue weighted by Crippen LogP contribution is -2.26. The molecule has 32 heavy (non-hydrogen) atoms. The molecule has 3 aromatic carbocycles. The molecule has 7 nitrogen and oxygen atoms in total. The average Bonchev–Trinajstić information content (AvgIpc) is 2.75. The summed E-state index contributed by atoms with van der Waals surface area (Å²) in [7, 11) is -2.41. The minimum Gasteiger partial charge on any atom is -0.326 e. The fraction of sp³-hybridized carbons (Fsp3) is 0.130. The molecule has 0 unspecified atom stereocenters. The summed E-state index contributed by atoms with van der Waals surface area (Å²) in [5, 5.41) is 5.49. The van der Waals surface area contributed by atoms with Crippen LogP contribution in [0, 0.1) is 6.92 Å². The van der Waals surface area contributed by atoms with Crippen molar-refractivity contribution in [1.82, 2.24) is 0 Å². The van der Waals surface area contributed by atoms with Gasteiger partial charge in [0.05, 0.1) is 21.3 Å². The predicted molar refractivity (Wildman–Crippen MR) is 127 cm³/mol. The Morgan fingerprint density at radius 1 is 0.938 bits per heavy atom. The number of benzene rings is 3. The largest absolute Gasteiger partial charge is 0.326 e. The third-order valence-electron chi connectivity index (χ3n) is 4.69. The number of nitrogens with zero attached hydrogens (tertiary/aromatic N) is 1. The van der Waals surface area contributed by atoms with Gasteiger partial charge in [0.15, 0.2) is 0 Å². The van der Waals surface area contributed by atoms with Gasteiger partial charge in [-0.2, -0.15) is 0 Å². The van der Waals surface area contributed by atoms with E-state index in [0.717, 1.165) is 5.56 Å². The molecule has 0 aromatic heterocycles. The van der Waals surface area contributed by atoms with Gasteiger partial charge in [0.1, 0.15) is 0 Å². The number of anilines is 3. The maximum Gasteiger partial charge on any atom is 0.264 e. The quantitative estimate of drug-likeness (QED) is 0.545. The van der Waals surface area contributed by atoms with Crippen LogP contribution in [0.4, 0.5) is 17.1 Å². The number of amides is 2. The fourth-order valence-electron chi connectivity index (χ4n) is 2.94. The Kier molecular flexibility index (Phi) is 6.86. The summed E-state index contributed by atoms with van der Waals surface area (Å²) in [6.45, 7) is 3.29. The van der Waals surface area contributed by atoms with E-state index in [9.17, 15) is 18.0 Å². The van der Waals surface area contributed by atoms with E-state index < -0.39 is 15.9 Å². The van der Waals surface area contributed by atoms with E-state index in [1.807, 2.05) is 19.1 Å². The molecule has 0 saturated heterocycles. The van der Waals surface area contributed by atoms with Crippen LogP contribution in [-0.2, 0) is 14.8 Å². The molecule has 3 aromatic rings. The van der Waals surface area contributed by atoms with E-state index in [2.05, 4.69) is 10.6 Å². The van der Waals surface area contributed by atoms with E-state index in [1.165, 1.54) is 48.6 Å². The van der Waals surface area contributed by atoms with Crippen molar-refractivity contribution in [2.75, 3.05) is 22.0 Å². The summed E-state index contributed by atoms with van der Waals surface area (Å²) >= 11 is 6.20. The lowest BCUT2D eigenvalue weighted by molar-refractivity contribution is -0.114. The van der Waals surface area contributed by atoms with Crippen LogP contribution in [0.25, 0.3) is 0 Å². The predicted octanol–water partition coefficient (Wildman–Crippen LogP) is 4.68. The Bertz CT molecular complexity index is 1270. The summed E-state index contributed by atoms with van der Waals surface area (Å²) in [6.07, 6.45) is 0. The van der Waals surface area contributed by atoms with Gasteiger partial charge in [-0.1, -0.05) is 35.4 Å². The van der Waals surface area contributed by atoms with Crippen LogP contribution in [0.15, 0.2) is 71.6 Å². The Labute approximate surface area is 192 Å². The molecule has 2 N–H and O–H groups in total. The zero-order valence-electron chi connectivity index (χ0n) is 17.7. The smallest absolute Gasteiger partial charge is 0.264 e. The Morgan fingerprint density at radius 3 is 2.25 bits per heavy atom. The highest BCUT2D eigenvalue weighted by atomic mass is 35.5. The van der Waals surface area contributed by atoms with E-state index >= 15 is 0 Å². The molecular weight excluding hydrogens is 450 g/mol. The number of carbonyl (C=O) groups is 2. The summed E-state index contributed by atoms with van der Waals surface area (Å²) in [6, 6.07) is 17.5. The number of hydrogen-bond donors (Lipinski definition) is 2. The Morgan fingerprint density at radius 2 is 1.62 bits per heavy atom. The monoisotopic (exact) mass is 471 g/mol. The number of halogens is 1. The Hall–Kier alpha value is -3.36. The molecule has 0 aliphatic rings. The van der Waals surface area contributed by atoms with Crippen LogP contribution in [0.3, 0.4) is 0 Å². The van der Waals surface area contributed by atoms with Gasteiger partial charge < -0.3 is 10.6 Å². The van der Waals surface area contributed by atoms with Crippen molar-refractivity contribution in [1.29, 1.82) is 0 Å². The molecular formula is C23H22ClN3O4S. The van der Waals surface area contributed by atoms with Crippen molar-refractivity contribution in [3.05, 3.63) is 82.9 Å². The topological polar surface area (TPSA) is 95.6 Å². The number of hydrogen-bond acceptors (Lipinski definition) is 4. The van der Waals surface area contributed by atoms with E-state index in [1.54, 1.807) is 24.3 Å². The van der Waals surface area contributed by atoms with Gasteiger partial charge >= 0.3 is 0 Å². The second-order valence-electron chi connectivity index (χ2n) is 7.17. The summed E-state index contributed by atoms with van der Waals surface area (Å²) in [4.78, 5) is 23.9. The lowest BCUT2D eigenvalue weighted by atomic mass is 10.2. The number of nitrogens with one attached hydrogen (secondary N) is 2. The highest BCUT2D eigenvalue weighted by Crippen LogP contribution is 2.27. The Balaban J connectivity index is 1.83. The van der Waals surface area contributed by atoms with Gasteiger partial charge in [-0.3, -0.25) is 13.9 Å². The minimum absolute atomic E-state index is 0.0136. The summed E-state index contributed by atoms with van der Waals surface area (Å²) in [5.74, 6) is -0.763. The molecule has 166 valence electrons. The summed E-state index contributed by atoms with van der Waals surface area (Å²) < 4.78 is 27.3. The van der Waals surface area contributed by atoms with E-state index in [-0.39, 0.29) is 21.4 Å². The second-order valence-corrected chi connectivity index (χ2v) is 9.54. The van der Waals surface area contributed by atoms with Crippen LogP contribution in [0.5, 0.6) is 0 Å². The highest BCUT2D eigenvalue weighted by Gasteiger charge is 2.22. The van der Waals surface area contributed by atoms with Gasteiger partial charge in [-0.25, -0.2) is 8.42 Å². The number of aryl methyl sites for hydroxylation is 1. The van der Waals surface area contributed by atoms with Crippen molar-refractivity contribution in [3.63, 3.8) is 0 Å². The molecule has 3 rings (SSSR count). The standard InChI is InChI=1S/C23H22ClN3O4S/c1-15-7-10-19(11-8-15)27(3)32(30,31)20-6-4-5-17(13-20)23(29)26-22-12-9-18(14-21(22)24)25-16(2)28/h4-14H,1-3H3,(H,25,28)(H,26,29). The normalized spacial score (nSPS) is 11.0. The number of carbonyl (C=O) groups excluding carboxylic acids is 2. The van der Waals surface area contributed by atoms with Gasteiger partial charge in [0.2, 0.25) is 5.91 Å². The highest BCUT2D eigenvalue weighted by molar-refractivity contribution is 7.92. The SMILES string of the molecule is CC(=O)Nc1ccc(NC(=O)c2cccc(S(=O)(=O)N(C)c3ccc(C)cc3)c2)c(Cl)c1. The molecule has 0 bridgehead atoms. The molecule has 9 heteroatoms. The third-order valence-corrected chi connectivity index (χ3v) is 6.78. The van der Waals surface area contributed by atoms with Crippen LogP contribution in [0.2, 0.25) is 5.02 Å². The average molecular weight is 472 g/mol. The molecule has 2 amide bonds. The van der Waals surface area contributed by atoms with Crippen molar-refractivity contribution in [2.24, 2.45) is 0 Å². The molecule has 0 spiro atoms. The zero-order valence-corrected chi connectivity index (χ0v) is 19.3. The molecule has 0 aliphatic carbocycles. The van der Waals surface area contributed by atoms with E-state index in [4.69, 9.17) is 11.6 Å². The molecule has 0 aliphatic heterocycles. The lowest BCUT2D eigenvalue weighted by Gasteiger charge is -2.20. The van der Waals surface area contributed by atoms with Crippen molar-refractivity contribution >= 4 is 50.5 Å². The maximum atomic E-state index is 13.1. The van der Waals surface area contributed by atoms with Gasteiger partial charge in [0.25, 0.3) is 15.9 Å². The molecule has 0 radical (unpaired) electrons. The van der Waals surface area contributed by atoms with Crippen molar-refractivity contribution < 1.29 is 18.0 Å². The molecule has 0 fully saturated rings. The second kappa shape index (κ2) is 9.42. The van der Waals surface area contributed by atoms with Crippen LogP contribution in [-0.4, -0.2) is 27.3 Å². The van der Waals surface area contributed by atoms with Gasteiger partial charge in [0, 0.05) is 25.2 Å². The first kappa shape index (κ1) is 23.3. The number of sulfonamides is 1. The van der Waals surface area contributed by atoms with Crippen LogP contribution in [0.1, 0.15) is 22.8 Å². The molecule has 0 atom stereocenters. The van der Waals surface area contributed by atoms with Crippen LogP contribution >= 0.6 is 11.6 Å². The van der Waals surface area contributed by atoms with Gasteiger partial charge in [-0.05, 0) is 55.5 Å². The maximum absolute atomic E-state index is 13.1. The zero-order chi connectivity index (χ0) is 23.5. The molecule has 0 saturated carbocycles. The number of rotatable bonds is 6. The summed E-state index contributed by atoms with van der Waals surface area (Å²) in [5.41, 5.74) is 2.51. The first-order valence-corrected chi connectivity index (χ1v) is 11.4. The molecule has 0 heterocycles. The first-order chi connectivity index (χ1) is 15.1. The first-order valence-electron chi connectivity index (χ1n) is 9.62. The fourth-order valence-corrected chi connectivity index (χ4v) is 4.41. The van der Waals surface area contributed by atoms with Crippen molar-refractivity contribution in [3.8, 4) is 0 Å². The minimum atomic E-state index is -3.87.